The fourth-order valence-corrected chi connectivity index (χ4v) is 3.52. The lowest BCUT2D eigenvalue weighted by molar-refractivity contribution is -0.158. The molecular weight excluding hydrogens is 453 g/mol. The fraction of sp³-hybridized carbons (Fsp3) is 0.350. The molecule has 0 unspecified atom stereocenters. The Morgan fingerprint density at radius 3 is 2.52 bits per heavy atom. The van der Waals surface area contributed by atoms with Crippen molar-refractivity contribution in [1.29, 1.82) is 0 Å². The third kappa shape index (κ3) is 4.27. The van der Waals surface area contributed by atoms with Gasteiger partial charge in [0.05, 0.1) is 30.2 Å². The van der Waals surface area contributed by atoms with Crippen LogP contribution in [0, 0.1) is 18.6 Å². The zero-order valence-electron chi connectivity index (χ0n) is 17.2. The molecule has 2 aromatic heterocycles. The summed E-state index contributed by atoms with van der Waals surface area (Å²) in [5.41, 5.74) is -0.695. The van der Waals surface area contributed by atoms with Gasteiger partial charge in [0.15, 0.2) is 17.4 Å². The quantitative estimate of drug-likeness (QED) is 0.500. The van der Waals surface area contributed by atoms with Crippen LogP contribution in [-0.4, -0.2) is 46.0 Å². The molecule has 3 atom stereocenters. The molecule has 0 bridgehead atoms. The highest BCUT2D eigenvalue weighted by Crippen LogP contribution is 2.39. The number of fused-ring (bicyclic) bond motifs is 1. The van der Waals surface area contributed by atoms with Gasteiger partial charge in [-0.25, -0.2) is 23.5 Å². The second kappa shape index (κ2) is 8.14. The summed E-state index contributed by atoms with van der Waals surface area (Å²) in [7, 11) is 0. The van der Waals surface area contributed by atoms with E-state index in [1.165, 1.54) is 19.3 Å². The minimum absolute atomic E-state index is 0.0142. The van der Waals surface area contributed by atoms with Gasteiger partial charge >= 0.3 is 12.2 Å². The number of hydrogen-bond acceptors (Lipinski definition) is 6. The second-order valence-corrected chi connectivity index (χ2v) is 7.66. The summed E-state index contributed by atoms with van der Waals surface area (Å²) in [6, 6.07) is -2.72. The van der Waals surface area contributed by atoms with Crippen LogP contribution in [0.25, 0.3) is 11.0 Å². The number of nitrogens with zero attached hydrogens (tertiary/aromatic N) is 3. The maximum atomic E-state index is 14.0. The van der Waals surface area contributed by atoms with Crippen LogP contribution in [0.4, 0.5) is 38.4 Å². The Labute approximate surface area is 183 Å². The van der Waals surface area contributed by atoms with E-state index in [0.29, 0.717) is 18.6 Å². The number of β-amino-alcohol motifs (C(OH)–C–C–N with tert-alkyl or cyclic N) is 1. The Morgan fingerprint density at radius 2 is 1.94 bits per heavy atom. The van der Waals surface area contributed by atoms with Crippen molar-refractivity contribution in [3.8, 4) is 0 Å². The first-order valence-electron chi connectivity index (χ1n) is 9.74. The lowest BCUT2D eigenvalue weighted by atomic mass is 10.0. The topological polar surface area (TPSA) is 104 Å². The van der Waals surface area contributed by atoms with Crippen molar-refractivity contribution < 1.29 is 36.3 Å². The number of nitrogens with one attached hydrogen (secondary N) is 2. The van der Waals surface area contributed by atoms with Crippen LogP contribution in [0.2, 0.25) is 0 Å². The van der Waals surface area contributed by atoms with Crippen LogP contribution in [0.1, 0.15) is 24.3 Å². The maximum Gasteiger partial charge on any atom is 0.416 e. The monoisotopic (exact) mass is 471 g/mol. The smallest absolute Gasteiger partial charge is 0.416 e. The van der Waals surface area contributed by atoms with Gasteiger partial charge in [0, 0.05) is 23.6 Å². The Morgan fingerprint density at radius 1 is 1.27 bits per heavy atom. The third-order valence-corrected chi connectivity index (χ3v) is 5.44. The number of furan rings is 1. The number of carbonyl (C=O) groups excluding carboxylic acids is 1. The van der Waals surface area contributed by atoms with Crippen molar-refractivity contribution in [1.82, 2.24) is 15.3 Å². The minimum atomic E-state index is -5.00. The molecule has 3 heterocycles. The number of alkyl halides is 3. The van der Waals surface area contributed by atoms with E-state index in [1.807, 2.05) is 0 Å². The molecule has 1 fully saturated rings. The van der Waals surface area contributed by atoms with E-state index in [-0.39, 0.29) is 22.7 Å². The van der Waals surface area contributed by atoms with Crippen LogP contribution in [-0.2, 0) is 0 Å². The summed E-state index contributed by atoms with van der Waals surface area (Å²) in [6.07, 6.45) is -3.11. The van der Waals surface area contributed by atoms with Crippen molar-refractivity contribution in [3.05, 3.63) is 47.5 Å². The number of aromatic nitrogens is 2. The number of benzene rings is 1. The van der Waals surface area contributed by atoms with Gasteiger partial charge in [-0.3, -0.25) is 0 Å². The molecule has 1 saturated heterocycles. The highest BCUT2D eigenvalue weighted by Gasteiger charge is 2.45. The Kier molecular flexibility index (Phi) is 5.60. The Bertz CT molecular complexity index is 1200. The zero-order valence-corrected chi connectivity index (χ0v) is 17.2. The van der Waals surface area contributed by atoms with Gasteiger partial charge in [-0.05, 0) is 19.9 Å². The highest BCUT2D eigenvalue weighted by atomic mass is 19.4. The molecule has 1 aliphatic rings. The first kappa shape index (κ1) is 22.7. The molecule has 4 rings (SSSR count). The summed E-state index contributed by atoms with van der Waals surface area (Å²) in [5, 5.41) is 13.3. The molecule has 0 radical (unpaired) electrons. The second-order valence-electron chi connectivity index (χ2n) is 7.66. The van der Waals surface area contributed by atoms with Crippen LogP contribution in [0.5, 0.6) is 0 Å². The summed E-state index contributed by atoms with van der Waals surface area (Å²) in [5.74, 6) is -2.62. The first-order valence-corrected chi connectivity index (χ1v) is 9.74. The number of rotatable bonds is 4. The molecule has 13 heteroatoms. The molecule has 2 amide bonds. The SMILES string of the molecule is Cc1c([C@@H](NC(=O)Nc2cnc(N3C[C@@H](O)[C@@H]3C)nc2)C(F)(F)F)oc2c(F)cc(F)cc12. The van der Waals surface area contributed by atoms with E-state index < -0.39 is 47.3 Å². The van der Waals surface area contributed by atoms with E-state index in [0.717, 1.165) is 6.07 Å². The number of aliphatic hydroxyl groups excluding tert-OH is 1. The summed E-state index contributed by atoms with van der Waals surface area (Å²) in [4.78, 5) is 22.0. The number of urea groups is 1. The molecule has 0 aliphatic carbocycles. The normalized spacial score (nSPS) is 19.3. The standard InChI is InChI=1S/C20H18F5N5O3/c1-8-12-3-10(21)4-13(22)16(12)33-15(8)17(20(23,24)25)29-19(32)28-11-5-26-18(27-6-11)30-7-14(31)9(30)2/h3-6,9,14,17,31H,7H2,1-2H3,(H2,28,29,32)/t9-,14+,17+/m0/s1. The first-order chi connectivity index (χ1) is 15.5. The molecule has 33 heavy (non-hydrogen) atoms. The predicted molar refractivity (Wildman–Crippen MR) is 107 cm³/mol. The lowest BCUT2D eigenvalue weighted by Gasteiger charge is -2.43. The number of aryl methyl sites for hydroxylation is 1. The lowest BCUT2D eigenvalue weighted by Crippen LogP contribution is -2.59. The van der Waals surface area contributed by atoms with Crippen molar-refractivity contribution in [3.63, 3.8) is 0 Å². The van der Waals surface area contributed by atoms with E-state index in [1.54, 1.807) is 17.1 Å². The average molecular weight is 471 g/mol. The number of hydrogen-bond donors (Lipinski definition) is 3. The molecular formula is C20H18F5N5O3. The summed E-state index contributed by atoms with van der Waals surface area (Å²) >= 11 is 0. The van der Waals surface area contributed by atoms with Gasteiger partial charge in [-0.2, -0.15) is 13.2 Å². The molecule has 0 spiro atoms. The van der Waals surface area contributed by atoms with Crippen LogP contribution < -0.4 is 15.5 Å². The van der Waals surface area contributed by atoms with E-state index in [2.05, 4.69) is 15.3 Å². The molecule has 0 saturated carbocycles. The highest BCUT2D eigenvalue weighted by molar-refractivity contribution is 5.89. The number of amides is 2. The zero-order chi connectivity index (χ0) is 24.1. The molecule has 176 valence electrons. The average Bonchev–Trinajstić information content (AvgIpc) is 3.06. The predicted octanol–water partition coefficient (Wildman–Crippen LogP) is 3.80. The van der Waals surface area contributed by atoms with Crippen LogP contribution >= 0.6 is 0 Å². The molecule has 1 aliphatic heterocycles. The van der Waals surface area contributed by atoms with E-state index in [4.69, 9.17) is 4.42 Å². The molecule has 3 N–H and O–H groups in total. The van der Waals surface area contributed by atoms with E-state index in [9.17, 15) is 31.9 Å². The van der Waals surface area contributed by atoms with Crippen molar-refractivity contribution in [2.24, 2.45) is 0 Å². The minimum Gasteiger partial charge on any atom is -0.455 e. The Hall–Kier alpha value is -3.48. The summed E-state index contributed by atoms with van der Waals surface area (Å²) < 4.78 is 73.7. The number of anilines is 2. The van der Waals surface area contributed by atoms with Gasteiger partial charge in [0.1, 0.15) is 11.6 Å². The van der Waals surface area contributed by atoms with Gasteiger partial charge in [0.25, 0.3) is 0 Å². The summed E-state index contributed by atoms with van der Waals surface area (Å²) in [6.45, 7) is 3.32. The van der Waals surface area contributed by atoms with Gasteiger partial charge in [-0.1, -0.05) is 0 Å². The van der Waals surface area contributed by atoms with Crippen molar-refractivity contribution in [2.45, 2.75) is 38.2 Å². The molecule has 8 nitrogen and oxygen atoms in total. The van der Waals surface area contributed by atoms with Crippen LogP contribution in [0.3, 0.4) is 0 Å². The third-order valence-electron chi connectivity index (χ3n) is 5.44. The number of halogens is 5. The number of aliphatic hydroxyl groups is 1. The van der Waals surface area contributed by atoms with Crippen molar-refractivity contribution in [2.75, 3.05) is 16.8 Å². The van der Waals surface area contributed by atoms with Gasteiger partial charge in [-0.15, -0.1) is 0 Å². The molecule has 3 aromatic rings. The van der Waals surface area contributed by atoms with Crippen LogP contribution in [0.15, 0.2) is 28.9 Å². The fourth-order valence-electron chi connectivity index (χ4n) is 3.52. The van der Waals surface area contributed by atoms with E-state index >= 15 is 0 Å². The largest absolute Gasteiger partial charge is 0.455 e. The Balaban J connectivity index is 1.53. The van der Waals surface area contributed by atoms with Gasteiger partial charge < -0.3 is 25.1 Å². The number of carbonyl (C=O) groups is 1. The molecule has 1 aromatic carbocycles. The van der Waals surface area contributed by atoms with Crippen molar-refractivity contribution >= 4 is 28.6 Å². The maximum absolute atomic E-state index is 14.0. The van der Waals surface area contributed by atoms with Gasteiger partial charge in [0.2, 0.25) is 5.95 Å².